The summed E-state index contributed by atoms with van der Waals surface area (Å²) in [6.45, 7) is 2.07. The number of anilines is 1. The van der Waals surface area contributed by atoms with Crippen molar-refractivity contribution in [3.8, 4) is 0 Å². The lowest BCUT2D eigenvalue weighted by atomic mass is 10.2. The Labute approximate surface area is 139 Å². The van der Waals surface area contributed by atoms with Gasteiger partial charge >= 0.3 is 5.97 Å². The molecule has 0 aliphatic rings. The van der Waals surface area contributed by atoms with Crippen molar-refractivity contribution >= 4 is 56.8 Å². The summed E-state index contributed by atoms with van der Waals surface area (Å²) in [7, 11) is 0. The SMILES string of the molecule is CCOC(=O)c1cc(I)c(NCC(O)CO)c(I)c1. The monoisotopic (exact) mass is 491 g/mol. The minimum absolute atomic E-state index is 0.251. The van der Waals surface area contributed by atoms with Gasteiger partial charge in [-0.3, -0.25) is 0 Å². The van der Waals surface area contributed by atoms with Gasteiger partial charge in [-0.05, 0) is 64.2 Å². The van der Waals surface area contributed by atoms with E-state index in [9.17, 15) is 9.90 Å². The molecule has 0 aromatic heterocycles. The highest BCUT2D eigenvalue weighted by Crippen LogP contribution is 2.27. The summed E-state index contributed by atoms with van der Waals surface area (Å²) >= 11 is 4.23. The summed E-state index contributed by atoms with van der Waals surface area (Å²) in [6, 6.07) is 3.46. The molecule has 0 radical (unpaired) electrons. The number of carbonyl (C=O) groups is 1. The number of aliphatic hydroxyl groups excluding tert-OH is 2. The fraction of sp³-hybridized carbons (Fsp3) is 0.417. The first-order valence-electron chi connectivity index (χ1n) is 5.68. The van der Waals surface area contributed by atoms with Gasteiger partial charge in [0.2, 0.25) is 0 Å². The van der Waals surface area contributed by atoms with Gasteiger partial charge in [0.15, 0.2) is 0 Å². The van der Waals surface area contributed by atoms with Crippen molar-refractivity contribution in [2.45, 2.75) is 13.0 Å². The summed E-state index contributed by atoms with van der Waals surface area (Å²) in [5.41, 5.74) is 1.34. The molecule has 0 saturated heterocycles. The maximum absolute atomic E-state index is 11.7. The van der Waals surface area contributed by atoms with Gasteiger partial charge in [-0.15, -0.1) is 0 Å². The van der Waals surface area contributed by atoms with Crippen molar-refractivity contribution in [1.29, 1.82) is 0 Å². The van der Waals surface area contributed by atoms with Crippen molar-refractivity contribution < 1.29 is 19.7 Å². The van der Waals surface area contributed by atoms with Crippen LogP contribution in [0.25, 0.3) is 0 Å². The van der Waals surface area contributed by atoms with Crippen LogP contribution in [0.5, 0.6) is 0 Å². The lowest BCUT2D eigenvalue weighted by Gasteiger charge is -2.14. The summed E-state index contributed by atoms with van der Waals surface area (Å²) < 4.78 is 6.67. The Hall–Kier alpha value is -0.130. The summed E-state index contributed by atoms with van der Waals surface area (Å²) in [4.78, 5) is 11.7. The lowest BCUT2D eigenvalue weighted by Crippen LogP contribution is -2.23. The van der Waals surface area contributed by atoms with Gasteiger partial charge in [0.05, 0.1) is 30.6 Å². The minimum Gasteiger partial charge on any atom is -0.462 e. The van der Waals surface area contributed by atoms with Crippen LogP contribution in [0.3, 0.4) is 0 Å². The summed E-state index contributed by atoms with van der Waals surface area (Å²) in [5, 5.41) is 21.1. The highest BCUT2D eigenvalue weighted by Gasteiger charge is 2.13. The summed E-state index contributed by atoms with van der Waals surface area (Å²) in [5.74, 6) is -0.347. The first-order valence-corrected chi connectivity index (χ1v) is 7.84. The second-order valence-corrected chi connectivity index (χ2v) is 6.08. The van der Waals surface area contributed by atoms with Gasteiger partial charge in [-0.25, -0.2) is 4.79 Å². The maximum Gasteiger partial charge on any atom is 0.338 e. The zero-order valence-corrected chi connectivity index (χ0v) is 14.6. The molecule has 0 bridgehead atoms. The van der Waals surface area contributed by atoms with E-state index in [0.717, 1.165) is 12.8 Å². The van der Waals surface area contributed by atoms with E-state index in [2.05, 4.69) is 50.5 Å². The average Bonchev–Trinajstić information content (AvgIpc) is 2.37. The van der Waals surface area contributed by atoms with E-state index in [1.54, 1.807) is 19.1 Å². The molecule has 19 heavy (non-hydrogen) atoms. The zero-order chi connectivity index (χ0) is 14.4. The van der Waals surface area contributed by atoms with Crippen molar-refractivity contribution in [3.05, 3.63) is 24.8 Å². The van der Waals surface area contributed by atoms with Gasteiger partial charge in [-0.1, -0.05) is 0 Å². The van der Waals surface area contributed by atoms with Crippen molar-refractivity contribution in [1.82, 2.24) is 0 Å². The van der Waals surface area contributed by atoms with Gasteiger partial charge in [0.1, 0.15) is 0 Å². The van der Waals surface area contributed by atoms with Crippen molar-refractivity contribution in [2.75, 3.05) is 25.1 Å². The first kappa shape index (κ1) is 16.9. The minimum atomic E-state index is -0.809. The Morgan fingerprint density at radius 1 is 1.42 bits per heavy atom. The fourth-order valence-electron chi connectivity index (χ4n) is 1.36. The predicted molar refractivity (Wildman–Crippen MR) is 89.4 cm³/mol. The number of aliphatic hydroxyl groups is 2. The zero-order valence-electron chi connectivity index (χ0n) is 10.3. The fourth-order valence-corrected chi connectivity index (χ4v) is 3.51. The second-order valence-electron chi connectivity index (χ2n) is 3.75. The molecule has 1 aromatic carbocycles. The second kappa shape index (κ2) is 8.22. The van der Waals surface area contributed by atoms with Crippen LogP contribution in [0, 0.1) is 7.14 Å². The largest absolute Gasteiger partial charge is 0.462 e. The van der Waals surface area contributed by atoms with Gasteiger partial charge in [0, 0.05) is 13.7 Å². The first-order chi connectivity index (χ1) is 8.99. The van der Waals surface area contributed by atoms with E-state index < -0.39 is 6.10 Å². The number of halogens is 2. The molecular formula is C12H15I2NO4. The van der Waals surface area contributed by atoms with Crippen LogP contribution in [-0.2, 0) is 4.74 Å². The molecule has 0 aliphatic heterocycles. The Balaban J connectivity index is 2.88. The molecule has 0 amide bonds. The van der Waals surface area contributed by atoms with Crippen molar-refractivity contribution in [2.24, 2.45) is 0 Å². The molecule has 106 valence electrons. The Kier molecular flexibility index (Phi) is 7.32. The highest BCUT2D eigenvalue weighted by atomic mass is 127. The third-order valence-corrected chi connectivity index (χ3v) is 3.98. The smallest absolute Gasteiger partial charge is 0.338 e. The molecule has 0 heterocycles. The van der Waals surface area contributed by atoms with E-state index in [-0.39, 0.29) is 19.1 Å². The Bertz CT molecular complexity index is 430. The molecule has 3 N–H and O–H groups in total. The molecule has 0 saturated carbocycles. The molecule has 1 unspecified atom stereocenters. The van der Waals surface area contributed by atoms with Crippen LogP contribution in [0.15, 0.2) is 12.1 Å². The normalized spacial score (nSPS) is 12.1. The van der Waals surface area contributed by atoms with Crippen LogP contribution in [-0.4, -0.2) is 42.0 Å². The standard InChI is InChI=1S/C12H15I2NO4/c1-2-19-12(18)7-3-9(13)11(10(14)4-7)15-5-8(17)6-16/h3-4,8,15-17H,2,5-6H2,1H3. The quantitative estimate of drug-likeness (QED) is 0.419. The Morgan fingerprint density at radius 2 is 2.00 bits per heavy atom. The molecule has 1 rings (SSSR count). The number of esters is 1. The molecule has 1 aromatic rings. The van der Waals surface area contributed by atoms with Crippen LogP contribution in [0.2, 0.25) is 0 Å². The van der Waals surface area contributed by atoms with Crippen LogP contribution in [0.4, 0.5) is 5.69 Å². The highest BCUT2D eigenvalue weighted by molar-refractivity contribution is 14.1. The van der Waals surface area contributed by atoms with E-state index >= 15 is 0 Å². The van der Waals surface area contributed by atoms with E-state index in [1.807, 2.05) is 0 Å². The van der Waals surface area contributed by atoms with Gasteiger partial charge in [-0.2, -0.15) is 0 Å². The Morgan fingerprint density at radius 3 is 2.47 bits per heavy atom. The lowest BCUT2D eigenvalue weighted by molar-refractivity contribution is 0.0526. The number of hydrogen-bond donors (Lipinski definition) is 3. The molecule has 5 nitrogen and oxygen atoms in total. The molecule has 0 aliphatic carbocycles. The summed E-state index contributed by atoms with van der Waals surface area (Å²) in [6.07, 6.45) is -0.809. The number of benzene rings is 1. The van der Waals surface area contributed by atoms with Gasteiger partial charge < -0.3 is 20.3 Å². The third kappa shape index (κ3) is 5.04. The van der Waals surface area contributed by atoms with Crippen LogP contribution in [0.1, 0.15) is 17.3 Å². The maximum atomic E-state index is 11.7. The molecule has 0 fully saturated rings. The number of nitrogens with one attached hydrogen (secondary N) is 1. The molecule has 7 heteroatoms. The third-order valence-electron chi connectivity index (χ3n) is 2.28. The molecule has 0 spiro atoms. The molecule has 1 atom stereocenters. The van der Waals surface area contributed by atoms with Gasteiger partial charge in [0.25, 0.3) is 0 Å². The number of hydrogen-bond acceptors (Lipinski definition) is 5. The number of rotatable bonds is 6. The van der Waals surface area contributed by atoms with Crippen LogP contribution < -0.4 is 5.32 Å². The van der Waals surface area contributed by atoms with E-state index in [4.69, 9.17) is 9.84 Å². The average molecular weight is 491 g/mol. The predicted octanol–water partition coefficient (Wildman–Crippen LogP) is 1.84. The van der Waals surface area contributed by atoms with Crippen molar-refractivity contribution in [3.63, 3.8) is 0 Å². The topological polar surface area (TPSA) is 78.8 Å². The number of ether oxygens (including phenoxy) is 1. The van der Waals surface area contributed by atoms with E-state index in [1.165, 1.54) is 0 Å². The molecular weight excluding hydrogens is 476 g/mol. The van der Waals surface area contributed by atoms with E-state index in [0.29, 0.717) is 12.2 Å². The van der Waals surface area contributed by atoms with Crippen LogP contribution >= 0.6 is 45.2 Å². The number of carbonyl (C=O) groups excluding carboxylic acids is 1.